The SMILES string of the molecule is Oc1ccc(O)c(C=NN(c2ccccc2)c2ccccc2)c1. The minimum absolute atomic E-state index is 0.0626. The van der Waals surface area contributed by atoms with E-state index in [1.165, 1.54) is 24.4 Å². The summed E-state index contributed by atoms with van der Waals surface area (Å²) in [4.78, 5) is 0. The van der Waals surface area contributed by atoms with E-state index in [1.807, 2.05) is 60.7 Å². The summed E-state index contributed by atoms with van der Waals surface area (Å²) in [6.45, 7) is 0. The van der Waals surface area contributed by atoms with Gasteiger partial charge in [-0.05, 0) is 42.5 Å². The minimum Gasteiger partial charge on any atom is -0.508 e. The molecule has 0 spiro atoms. The normalized spacial score (nSPS) is 10.8. The average Bonchev–Trinajstić information content (AvgIpc) is 2.60. The van der Waals surface area contributed by atoms with Gasteiger partial charge in [0.2, 0.25) is 0 Å². The van der Waals surface area contributed by atoms with Gasteiger partial charge in [0.05, 0.1) is 17.6 Å². The predicted octanol–water partition coefficient (Wildman–Crippen LogP) is 4.27. The van der Waals surface area contributed by atoms with E-state index < -0.39 is 0 Å². The van der Waals surface area contributed by atoms with Gasteiger partial charge in [-0.2, -0.15) is 5.10 Å². The van der Waals surface area contributed by atoms with E-state index in [9.17, 15) is 10.2 Å². The van der Waals surface area contributed by atoms with Crippen LogP contribution in [0, 0.1) is 0 Å². The number of hydrazone groups is 1. The van der Waals surface area contributed by atoms with Crippen molar-refractivity contribution in [1.82, 2.24) is 0 Å². The van der Waals surface area contributed by atoms with Crippen molar-refractivity contribution in [3.63, 3.8) is 0 Å². The Labute approximate surface area is 134 Å². The van der Waals surface area contributed by atoms with E-state index >= 15 is 0 Å². The molecular formula is C19H16N2O2. The standard InChI is InChI=1S/C19H16N2O2/c22-18-11-12-19(23)15(13-18)14-20-21(16-7-3-1-4-8-16)17-9-5-2-6-10-17/h1-14,22-23H. The molecule has 114 valence electrons. The first-order valence-corrected chi connectivity index (χ1v) is 7.20. The zero-order chi connectivity index (χ0) is 16.1. The van der Waals surface area contributed by atoms with Gasteiger partial charge in [-0.3, -0.25) is 0 Å². The third kappa shape index (κ3) is 3.49. The highest BCUT2D eigenvalue weighted by Gasteiger charge is 2.07. The summed E-state index contributed by atoms with van der Waals surface area (Å²) in [7, 11) is 0. The highest BCUT2D eigenvalue weighted by atomic mass is 16.3. The second-order valence-corrected chi connectivity index (χ2v) is 4.97. The highest BCUT2D eigenvalue weighted by molar-refractivity contribution is 5.85. The fourth-order valence-corrected chi connectivity index (χ4v) is 2.19. The number of para-hydroxylation sites is 2. The lowest BCUT2D eigenvalue weighted by Crippen LogP contribution is -2.09. The van der Waals surface area contributed by atoms with Crippen molar-refractivity contribution in [3.8, 4) is 11.5 Å². The molecule has 0 saturated heterocycles. The molecule has 4 nitrogen and oxygen atoms in total. The molecule has 3 rings (SSSR count). The van der Waals surface area contributed by atoms with Crippen molar-refractivity contribution in [3.05, 3.63) is 84.4 Å². The fourth-order valence-electron chi connectivity index (χ4n) is 2.19. The van der Waals surface area contributed by atoms with Crippen LogP contribution in [0.4, 0.5) is 11.4 Å². The van der Waals surface area contributed by atoms with Crippen LogP contribution in [0.1, 0.15) is 5.56 Å². The third-order valence-corrected chi connectivity index (χ3v) is 3.32. The molecule has 0 fully saturated rings. The molecule has 0 radical (unpaired) electrons. The predicted molar refractivity (Wildman–Crippen MR) is 92.4 cm³/mol. The summed E-state index contributed by atoms with van der Waals surface area (Å²) in [6.07, 6.45) is 1.52. The molecule has 2 N–H and O–H groups in total. The van der Waals surface area contributed by atoms with Crippen LogP contribution in [0.3, 0.4) is 0 Å². The molecule has 3 aromatic carbocycles. The number of phenols is 2. The van der Waals surface area contributed by atoms with Crippen molar-refractivity contribution in [2.24, 2.45) is 5.10 Å². The number of hydrogen-bond acceptors (Lipinski definition) is 4. The lowest BCUT2D eigenvalue weighted by atomic mass is 10.2. The van der Waals surface area contributed by atoms with Crippen LogP contribution >= 0.6 is 0 Å². The van der Waals surface area contributed by atoms with Crippen molar-refractivity contribution in [2.75, 3.05) is 5.01 Å². The number of rotatable bonds is 4. The van der Waals surface area contributed by atoms with Crippen LogP contribution in [0.25, 0.3) is 0 Å². The maximum atomic E-state index is 9.87. The van der Waals surface area contributed by atoms with Gasteiger partial charge in [0.15, 0.2) is 0 Å². The zero-order valence-corrected chi connectivity index (χ0v) is 12.4. The number of phenolic OH excluding ortho intramolecular Hbond substituents is 2. The summed E-state index contributed by atoms with van der Waals surface area (Å²) in [5.41, 5.74) is 2.24. The number of nitrogens with zero attached hydrogens (tertiary/aromatic N) is 2. The molecule has 3 aromatic rings. The molecular weight excluding hydrogens is 288 g/mol. The molecule has 0 bridgehead atoms. The highest BCUT2D eigenvalue weighted by Crippen LogP contribution is 2.26. The van der Waals surface area contributed by atoms with Crippen LogP contribution < -0.4 is 5.01 Å². The molecule has 0 aliphatic rings. The van der Waals surface area contributed by atoms with E-state index in [0.717, 1.165) is 11.4 Å². The van der Waals surface area contributed by atoms with Gasteiger partial charge in [-0.15, -0.1) is 0 Å². The van der Waals surface area contributed by atoms with E-state index in [4.69, 9.17) is 0 Å². The molecule has 0 heterocycles. The molecule has 23 heavy (non-hydrogen) atoms. The zero-order valence-electron chi connectivity index (χ0n) is 12.4. The number of hydrogen-bond donors (Lipinski definition) is 2. The molecule has 0 saturated carbocycles. The molecule has 0 amide bonds. The smallest absolute Gasteiger partial charge is 0.124 e. The Balaban J connectivity index is 1.99. The minimum atomic E-state index is 0.0626. The van der Waals surface area contributed by atoms with Crippen LogP contribution in [0.15, 0.2) is 84.0 Å². The van der Waals surface area contributed by atoms with Gasteiger partial charge in [-0.25, -0.2) is 5.01 Å². The molecule has 0 aromatic heterocycles. The summed E-state index contributed by atoms with van der Waals surface area (Å²) >= 11 is 0. The van der Waals surface area contributed by atoms with E-state index in [-0.39, 0.29) is 11.5 Å². The van der Waals surface area contributed by atoms with Crippen molar-refractivity contribution in [1.29, 1.82) is 0 Å². The Morgan fingerprint density at radius 1 is 0.739 bits per heavy atom. The van der Waals surface area contributed by atoms with Gasteiger partial charge in [0, 0.05) is 5.56 Å². The number of anilines is 2. The average molecular weight is 304 g/mol. The van der Waals surface area contributed by atoms with Crippen LogP contribution in [-0.2, 0) is 0 Å². The monoisotopic (exact) mass is 304 g/mol. The summed E-state index contributed by atoms with van der Waals surface area (Å²) in [5.74, 6) is 0.142. The van der Waals surface area contributed by atoms with Gasteiger partial charge in [0.1, 0.15) is 11.5 Å². The first-order valence-electron chi connectivity index (χ1n) is 7.20. The van der Waals surface area contributed by atoms with E-state index in [0.29, 0.717) is 5.56 Å². The van der Waals surface area contributed by atoms with Crippen molar-refractivity contribution < 1.29 is 10.2 Å². The van der Waals surface area contributed by atoms with Gasteiger partial charge in [0.25, 0.3) is 0 Å². The fraction of sp³-hybridized carbons (Fsp3) is 0. The summed E-state index contributed by atoms with van der Waals surface area (Å²) in [5, 5.41) is 25.7. The van der Waals surface area contributed by atoms with Crippen molar-refractivity contribution >= 4 is 17.6 Å². The molecule has 0 aliphatic carbocycles. The Hall–Kier alpha value is -3.27. The lowest BCUT2D eigenvalue weighted by Gasteiger charge is -2.19. The quantitative estimate of drug-likeness (QED) is 0.430. The number of benzene rings is 3. The van der Waals surface area contributed by atoms with Crippen LogP contribution in [-0.4, -0.2) is 16.4 Å². The van der Waals surface area contributed by atoms with Crippen molar-refractivity contribution in [2.45, 2.75) is 0 Å². The largest absolute Gasteiger partial charge is 0.508 e. The second-order valence-electron chi connectivity index (χ2n) is 4.97. The topological polar surface area (TPSA) is 56.1 Å². The van der Waals surface area contributed by atoms with Gasteiger partial charge >= 0.3 is 0 Å². The molecule has 4 heteroatoms. The maximum Gasteiger partial charge on any atom is 0.124 e. The molecule has 0 atom stereocenters. The van der Waals surface area contributed by atoms with E-state index in [1.54, 1.807) is 5.01 Å². The van der Waals surface area contributed by atoms with E-state index in [2.05, 4.69) is 5.10 Å². The molecule has 0 unspecified atom stereocenters. The summed E-state index contributed by atoms with van der Waals surface area (Å²) < 4.78 is 0. The Kier molecular flexibility index (Phi) is 4.25. The third-order valence-electron chi connectivity index (χ3n) is 3.32. The van der Waals surface area contributed by atoms with Crippen LogP contribution in [0.2, 0.25) is 0 Å². The van der Waals surface area contributed by atoms with Gasteiger partial charge in [-0.1, -0.05) is 36.4 Å². The Bertz CT molecular complexity index is 763. The second kappa shape index (κ2) is 6.66. The summed E-state index contributed by atoms with van der Waals surface area (Å²) in [6, 6.07) is 23.8. The first kappa shape index (κ1) is 14.7. The lowest BCUT2D eigenvalue weighted by molar-refractivity contribution is 0.459. The maximum absolute atomic E-state index is 9.87. The Morgan fingerprint density at radius 3 is 1.87 bits per heavy atom. The Morgan fingerprint density at radius 2 is 1.30 bits per heavy atom. The number of aromatic hydroxyl groups is 2. The van der Waals surface area contributed by atoms with Gasteiger partial charge < -0.3 is 10.2 Å². The molecule has 0 aliphatic heterocycles. The van der Waals surface area contributed by atoms with Crippen LogP contribution in [0.5, 0.6) is 11.5 Å². The first-order chi connectivity index (χ1) is 11.2.